The number of aliphatic hydroxyl groups excluding tert-OH is 4. The van der Waals surface area contributed by atoms with Gasteiger partial charge in [-0.2, -0.15) is 0 Å². The van der Waals surface area contributed by atoms with Crippen molar-refractivity contribution >= 4 is 18.4 Å². The third-order valence-electron chi connectivity index (χ3n) is 16.7. The Hall–Kier alpha value is -1.16. The van der Waals surface area contributed by atoms with Crippen LogP contribution in [0.3, 0.4) is 0 Å². The molecule has 6 fully saturated rings. The van der Waals surface area contributed by atoms with Gasteiger partial charge in [-0.3, -0.25) is 4.99 Å². The molecule has 6 aliphatic carbocycles. The molecule has 0 aromatic rings. The second kappa shape index (κ2) is 16.1. The van der Waals surface area contributed by atoms with Crippen molar-refractivity contribution in [2.45, 2.75) is 130 Å². The normalized spacial score (nSPS) is 47.3. The lowest BCUT2D eigenvalue weighted by atomic mass is 9.49. The highest BCUT2D eigenvalue weighted by Gasteiger charge is 2.58. The van der Waals surface area contributed by atoms with Crippen LogP contribution in [-0.4, -0.2) is 64.9 Å². The first-order valence-corrected chi connectivity index (χ1v) is 19.8. The van der Waals surface area contributed by atoms with Gasteiger partial charge in [0.2, 0.25) is 0 Å². The Morgan fingerprint density at radius 3 is 1.50 bits per heavy atom. The summed E-state index contributed by atoms with van der Waals surface area (Å²) in [4.78, 5) is 4.44. The average molecular weight is 722 g/mol. The number of hydrogen-bond acceptors (Lipinski definition) is 6. The molecule has 0 heterocycles. The quantitative estimate of drug-likeness (QED) is 0.0969. The zero-order valence-corrected chi connectivity index (χ0v) is 32.6. The molecule has 50 heavy (non-hydrogen) atoms. The number of hydrogen-bond donors (Lipinski definition) is 7. The van der Waals surface area contributed by atoms with Crippen molar-refractivity contribution in [3.63, 3.8) is 0 Å². The summed E-state index contributed by atoms with van der Waals surface area (Å²) in [5.74, 6) is 3.70. The minimum Gasteiger partial charge on any atom is -0.396 e. The standard InChI is InChI=1S/C21H37N3O2.C20H35NO2.ClH/c1-13-4-5-17-16(11-24-19(22)23)18(7-9-20(13,17)2)21(3)8-6-15(26)10-14(21)12-25;1-13-4-5-17-16(11-21)18(7-9-19(13,17)2)20(3)8-6-15(23)10-14(20)12-22;/h14-18,25-26H,1,4-12H2,2-3H3,(H4,22,23,24);14-18,22-23H,1,4-12,21H2,2-3H3;1H/t14-,15+,16+,17?,18?,20-,21+;14-,15+,16+,17?,18?,19-,20+;/m11./s1. The first-order valence-electron chi connectivity index (χ1n) is 19.8. The van der Waals surface area contributed by atoms with Crippen molar-refractivity contribution in [3.8, 4) is 0 Å². The molecule has 6 aliphatic rings. The molecular weight excluding hydrogens is 648 g/mol. The van der Waals surface area contributed by atoms with Crippen LogP contribution in [0.4, 0.5) is 0 Å². The number of aliphatic hydroxyl groups is 4. The Morgan fingerprint density at radius 1 is 0.680 bits per heavy atom. The number of nitrogens with two attached hydrogens (primary N) is 3. The number of rotatable bonds is 7. The smallest absolute Gasteiger partial charge is 0.185 e. The third-order valence-corrected chi connectivity index (χ3v) is 16.7. The maximum absolute atomic E-state index is 10.1. The van der Waals surface area contributed by atoms with Gasteiger partial charge in [-0.25, -0.2) is 0 Å². The van der Waals surface area contributed by atoms with Crippen LogP contribution >= 0.6 is 12.4 Å². The lowest BCUT2D eigenvalue weighted by Gasteiger charge is -2.56. The topological polar surface area (TPSA) is 171 Å². The number of halogens is 1. The zero-order chi connectivity index (χ0) is 35.9. The van der Waals surface area contributed by atoms with Crippen LogP contribution in [0.5, 0.6) is 0 Å². The van der Waals surface area contributed by atoms with Crippen LogP contribution in [0.2, 0.25) is 0 Å². The van der Waals surface area contributed by atoms with Crippen molar-refractivity contribution in [3.05, 3.63) is 24.3 Å². The van der Waals surface area contributed by atoms with Gasteiger partial charge in [0.25, 0.3) is 0 Å². The number of nitrogens with zero attached hydrogens (tertiary/aromatic N) is 1. The first kappa shape index (κ1) is 41.6. The van der Waals surface area contributed by atoms with E-state index in [4.69, 9.17) is 17.2 Å². The van der Waals surface area contributed by atoms with Crippen LogP contribution in [-0.2, 0) is 0 Å². The fourth-order valence-corrected chi connectivity index (χ4v) is 13.2. The van der Waals surface area contributed by atoms with Gasteiger partial charge in [0, 0.05) is 19.8 Å². The molecule has 0 bridgehead atoms. The maximum atomic E-state index is 10.1. The van der Waals surface area contributed by atoms with Crippen molar-refractivity contribution in [2.75, 3.05) is 26.3 Å². The zero-order valence-electron chi connectivity index (χ0n) is 31.8. The highest BCUT2D eigenvalue weighted by Crippen LogP contribution is 2.65. The molecule has 10 N–H and O–H groups in total. The van der Waals surface area contributed by atoms with E-state index in [-0.39, 0.29) is 77.3 Å². The molecule has 14 atom stereocenters. The van der Waals surface area contributed by atoms with Crippen molar-refractivity contribution < 1.29 is 20.4 Å². The van der Waals surface area contributed by atoms with Gasteiger partial charge >= 0.3 is 0 Å². The van der Waals surface area contributed by atoms with E-state index in [1.54, 1.807) is 0 Å². The van der Waals surface area contributed by atoms with Gasteiger partial charge in [-0.1, -0.05) is 52.0 Å². The van der Waals surface area contributed by atoms with E-state index < -0.39 is 0 Å². The fourth-order valence-electron chi connectivity index (χ4n) is 13.2. The molecule has 9 heteroatoms. The van der Waals surface area contributed by atoms with Gasteiger partial charge < -0.3 is 37.6 Å². The molecule has 6 rings (SSSR count). The summed E-state index contributed by atoms with van der Waals surface area (Å²) < 4.78 is 0. The summed E-state index contributed by atoms with van der Waals surface area (Å²) in [7, 11) is 0. The molecule has 0 spiro atoms. The Labute approximate surface area is 309 Å². The molecule has 0 saturated heterocycles. The van der Waals surface area contributed by atoms with E-state index in [1.165, 1.54) is 36.8 Å². The second-order valence-corrected chi connectivity index (χ2v) is 18.6. The fraction of sp³-hybridized carbons (Fsp3) is 0.878. The summed E-state index contributed by atoms with van der Waals surface area (Å²) in [6.07, 6.45) is 14.0. The Morgan fingerprint density at radius 2 is 1.10 bits per heavy atom. The Balaban J connectivity index is 0.000000222. The predicted molar refractivity (Wildman–Crippen MR) is 206 cm³/mol. The Kier molecular flexibility index (Phi) is 13.4. The lowest BCUT2D eigenvalue weighted by molar-refractivity contribution is -0.0916. The van der Waals surface area contributed by atoms with E-state index >= 15 is 0 Å². The van der Waals surface area contributed by atoms with Crippen LogP contribution in [0.25, 0.3) is 0 Å². The number of allylic oxidation sites excluding steroid dienone is 2. The SMILES string of the molecule is C=C1CCC2[C@H](CN)C([C@@]3(C)CC[C@H](O)C[C@@H]3CO)CC[C@]12C.C=C1CCC2[C@H](CN=C(N)N)C([C@@]3(C)CC[C@H](O)C[C@@H]3CO)CC[C@]12C.Cl. The number of fused-ring (bicyclic) bond motifs is 2. The number of guanidine groups is 1. The van der Waals surface area contributed by atoms with E-state index in [2.05, 4.69) is 45.8 Å². The largest absolute Gasteiger partial charge is 0.396 e. The van der Waals surface area contributed by atoms with Gasteiger partial charge in [0.1, 0.15) is 0 Å². The highest BCUT2D eigenvalue weighted by atomic mass is 35.5. The van der Waals surface area contributed by atoms with Crippen LogP contribution < -0.4 is 17.2 Å². The average Bonchev–Trinajstić information content (AvgIpc) is 3.55. The molecule has 6 saturated carbocycles. The summed E-state index contributed by atoms with van der Waals surface area (Å²) in [6, 6.07) is 0. The molecule has 0 aromatic heterocycles. The summed E-state index contributed by atoms with van der Waals surface area (Å²) in [5, 5.41) is 40.2. The van der Waals surface area contributed by atoms with Crippen molar-refractivity contribution in [1.29, 1.82) is 0 Å². The van der Waals surface area contributed by atoms with Gasteiger partial charge in [0.15, 0.2) is 5.96 Å². The van der Waals surface area contributed by atoms with E-state index in [0.717, 1.165) is 64.3 Å². The summed E-state index contributed by atoms with van der Waals surface area (Å²) in [5.41, 5.74) is 21.1. The summed E-state index contributed by atoms with van der Waals surface area (Å²) >= 11 is 0. The number of aliphatic imine (C=N–C) groups is 1. The van der Waals surface area contributed by atoms with E-state index in [0.29, 0.717) is 48.5 Å². The molecule has 8 nitrogen and oxygen atoms in total. The van der Waals surface area contributed by atoms with Crippen LogP contribution in [0, 0.1) is 69.0 Å². The molecule has 0 amide bonds. The van der Waals surface area contributed by atoms with Crippen molar-refractivity contribution in [2.24, 2.45) is 91.2 Å². The van der Waals surface area contributed by atoms with Crippen LogP contribution in [0.15, 0.2) is 29.3 Å². The maximum Gasteiger partial charge on any atom is 0.185 e. The molecular formula is C41H73ClN4O4. The van der Waals surface area contributed by atoms with Crippen molar-refractivity contribution in [1.82, 2.24) is 0 Å². The van der Waals surface area contributed by atoms with Gasteiger partial charge in [-0.05, 0) is 165 Å². The highest BCUT2D eigenvalue weighted by molar-refractivity contribution is 5.85. The molecule has 4 unspecified atom stereocenters. The van der Waals surface area contributed by atoms with Gasteiger partial charge in [0.05, 0.1) is 12.2 Å². The minimum absolute atomic E-state index is 0. The third kappa shape index (κ3) is 7.33. The summed E-state index contributed by atoms with van der Waals surface area (Å²) in [6.45, 7) is 20.0. The molecule has 0 aliphatic heterocycles. The molecule has 0 radical (unpaired) electrons. The predicted octanol–water partition coefficient (Wildman–Crippen LogP) is 5.94. The van der Waals surface area contributed by atoms with E-state index in [9.17, 15) is 20.4 Å². The van der Waals surface area contributed by atoms with E-state index in [1.807, 2.05) is 0 Å². The lowest BCUT2D eigenvalue weighted by Crippen LogP contribution is -2.52. The molecule has 0 aromatic carbocycles. The molecule has 288 valence electrons. The second-order valence-electron chi connectivity index (χ2n) is 18.6. The monoisotopic (exact) mass is 721 g/mol. The Bertz CT molecular complexity index is 1230. The first-order chi connectivity index (χ1) is 23.1. The minimum atomic E-state index is -0.281. The van der Waals surface area contributed by atoms with Gasteiger partial charge in [-0.15, -0.1) is 12.4 Å². The van der Waals surface area contributed by atoms with Crippen LogP contribution in [0.1, 0.15) is 118 Å².